The predicted molar refractivity (Wildman–Crippen MR) is 92.7 cm³/mol. The molecule has 1 amide bonds. The third kappa shape index (κ3) is 2.55. The van der Waals surface area contributed by atoms with Gasteiger partial charge in [0, 0.05) is 29.5 Å². The van der Waals surface area contributed by atoms with Gasteiger partial charge in [-0.25, -0.2) is 0 Å². The zero-order chi connectivity index (χ0) is 18.7. The van der Waals surface area contributed by atoms with Crippen LogP contribution in [0.15, 0.2) is 18.2 Å². The molecular formula is C18H21N3O5. The van der Waals surface area contributed by atoms with Crippen LogP contribution >= 0.6 is 0 Å². The first-order valence-electron chi connectivity index (χ1n) is 8.94. The number of nitro benzene ring substituents is 2. The fourth-order valence-corrected chi connectivity index (χ4v) is 6.33. The summed E-state index contributed by atoms with van der Waals surface area (Å²) in [7, 11) is 0. The van der Waals surface area contributed by atoms with E-state index in [0.29, 0.717) is 23.8 Å². The fourth-order valence-electron chi connectivity index (χ4n) is 6.33. The highest BCUT2D eigenvalue weighted by atomic mass is 16.6. The van der Waals surface area contributed by atoms with Crippen molar-refractivity contribution < 1.29 is 14.6 Å². The van der Waals surface area contributed by atoms with Crippen LogP contribution in [0.1, 0.15) is 51.0 Å². The van der Waals surface area contributed by atoms with Crippen molar-refractivity contribution in [3.63, 3.8) is 0 Å². The number of hydrogen-bond acceptors (Lipinski definition) is 5. The van der Waals surface area contributed by atoms with Gasteiger partial charge in [-0.2, -0.15) is 0 Å². The smallest absolute Gasteiger partial charge is 0.280 e. The summed E-state index contributed by atoms with van der Waals surface area (Å²) in [5, 5.41) is 25.8. The van der Waals surface area contributed by atoms with Gasteiger partial charge >= 0.3 is 0 Å². The Morgan fingerprint density at radius 1 is 1.12 bits per heavy atom. The van der Waals surface area contributed by atoms with Gasteiger partial charge in [0.1, 0.15) is 0 Å². The molecule has 138 valence electrons. The van der Waals surface area contributed by atoms with Crippen LogP contribution in [0.2, 0.25) is 0 Å². The third-order valence-electron chi connectivity index (χ3n) is 6.46. The number of rotatable bonds is 4. The molecular weight excluding hydrogens is 338 g/mol. The predicted octanol–water partition coefficient (Wildman–Crippen LogP) is 3.23. The minimum atomic E-state index is -0.602. The molecule has 0 saturated heterocycles. The van der Waals surface area contributed by atoms with Gasteiger partial charge in [-0.15, -0.1) is 0 Å². The van der Waals surface area contributed by atoms with Gasteiger partial charge in [-0.05, 0) is 56.4 Å². The third-order valence-corrected chi connectivity index (χ3v) is 6.46. The Balaban J connectivity index is 1.81. The lowest BCUT2D eigenvalue weighted by Gasteiger charge is -2.62. The maximum Gasteiger partial charge on any atom is 0.280 e. The summed E-state index contributed by atoms with van der Waals surface area (Å²) in [6.07, 6.45) is 5.32. The highest BCUT2D eigenvalue weighted by molar-refractivity contribution is 5.74. The topological polar surface area (TPSA) is 115 Å². The van der Waals surface area contributed by atoms with Crippen molar-refractivity contribution in [2.45, 2.75) is 56.4 Å². The second-order valence-corrected chi connectivity index (χ2v) is 8.42. The number of nitrogens with zero attached hydrogens (tertiary/aromatic N) is 2. The normalized spacial score (nSPS) is 34.5. The molecule has 5 rings (SSSR count). The molecule has 8 heteroatoms. The van der Waals surface area contributed by atoms with Crippen LogP contribution in [0.5, 0.6) is 0 Å². The number of benzene rings is 1. The van der Waals surface area contributed by atoms with Gasteiger partial charge in [-0.1, -0.05) is 0 Å². The second-order valence-electron chi connectivity index (χ2n) is 8.42. The number of non-ortho nitro benzene ring substituents is 1. The van der Waals surface area contributed by atoms with E-state index in [1.807, 2.05) is 0 Å². The van der Waals surface area contributed by atoms with Crippen LogP contribution in [-0.2, 0) is 10.2 Å². The summed E-state index contributed by atoms with van der Waals surface area (Å²) in [6.45, 7) is 1.51. The van der Waals surface area contributed by atoms with Gasteiger partial charge in [0.05, 0.1) is 15.9 Å². The van der Waals surface area contributed by atoms with E-state index in [1.54, 1.807) is 6.07 Å². The zero-order valence-corrected chi connectivity index (χ0v) is 14.6. The van der Waals surface area contributed by atoms with Crippen LogP contribution in [0.3, 0.4) is 0 Å². The van der Waals surface area contributed by atoms with E-state index in [0.717, 1.165) is 38.2 Å². The van der Waals surface area contributed by atoms with E-state index in [1.165, 1.54) is 13.0 Å². The summed E-state index contributed by atoms with van der Waals surface area (Å²) in [4.78, 5) is 33.4. The van der Waals surface area contributed by atoms with Crippen molar-refractivity contribution in [3.05, 3.63) is 44.0 Å². The molecule has 4 fully saturated rings. The molecule has 2 unspecified atom stereocenters. The second kappa shape index (κ2) is 5.49. The lowest BCUT2D eigenvalue weighted by atomic mass is 9.45. The molecule has 1 aromatic rings. The quantitative estimate of drug-likeness (QED) is 0.654. The van der Waals surface area contributed by atoms with Crippen molar-refractivity contribution in [2.24, 2.45) is 11.8 Å². The monoisotopic (exact) mass is 359 g/mol. The fraction of sp³-hybridized carbons (Fsp3) is 0.611. The Morgan fingerprint density at radius 3 is 2.31 bits per heavy atom. The minimum Gasteiger partial charge on any atom is -0.351 e. The van der Waals surface area contributed by atoms with Gasteiger partial charge < -0.3 is 5.32 Å². The number of hydrogen-bond donors (Lipinski definition) is 1. The highest BCUT2D eigenvalue weighted by Gasteiger charge is 2.59. The van der Waals surface area contributed by atoms with Crippen molar-refractivity contribution in [1.82, 2.24) is 5.32 Å². The Bertz CT molecular complexity index is 807. The summed E-state index contributed by atoms with van der Waals surface area (Å²) in [5.74, 6) is 0.788. The molecule has 8 nitrogen and oxygen atoms in total. The van der Waals surface area contributed by atoms with E-state index in [9.17, 15) is 25.0 Å². The number of amides is 1. The average Bonchev–Trinajstić information content (AvgIpc) is 2.51. The molecule has 4 saturated carbocycles. The van der Waals surface area contributed by atoms with Crippen LogP contribution in [0, 0.1) is 32.1 Å². The molecule has 26 heavy (non-hydrogen) atoms. The van der Waals surface area contributed by atoms with Gasteiger partial charge in [0.15, 0.2) is 0 Å². The van der Waals surface area contributed by atoms with Crippen LogP contribution in [0.25, 0.3) is 0 Å². The summed E-state index contributed by atoms with van der Waals surface area (Å²) in [5.41, 5.74) is -0.520. The molecule has 0 radical (unpaired) electrons. The van der Waals surface area contributed by atoms with E-state index in [4.69, 9.17) is 0 Å². The highest BCUT2D eigenvalue weighted by Crippen LogP contribution is 2.63. The molecule has 4 atom stereocenters. The maximum atomic E-state index is 11.8. The van der Waals surface area contributed by atoms with Gasteiger partial charge in [0.25, 0.3) is 11.4 Å². The molecule has 1 N–H and O–H groups in total. The Labute approximate surface area is 150 Å². The van der Waals surface area contributed by atoms with Crippen molar-refractivity contribution in [3.8, 4) is 0 Å². The largest absolute Gasteiger partial charge is 0.351 e. The van der Waals surface area contributed by atoms with Crippen LogP contribution < -0.4 is 5.32 Å². The molecule has 0 heterocycles. The Kier molecular flexibility index (Phi) is 3.58. The summed E-state index contributed by atoms with van der Waals surface area (Å²) in [6, 6.07) is 4.02. The minimum absolute atomic E-state index is 0.0692. The molecule has 4 bridgehead atoms. The lowest BCUT2D eigenvalue weighted by molar-refractivity contribution is -0.395. The zero-order valence-electron chi connectivity index (χ0n) is 14.6. The lowest BCUT2D eigenvalue weighted by Crippen LogP contribution is -2.64. The standard InChI is InChI=1S/C18H21N3O5/c1-11(22)19-18-8-12-4-13(9-18)7-17(6-12,10-18)15-3-2-14(20(23)24)5-16(15)21(25)26/h2-3,5,12-13H,4,6-10H2,1H3,(H,19,22)/t12-,13+,17?,18?. The van der Waals surface area contributed by atoms with E-state index in [2.05, 4.69) is 5.32 Å². The van der Waals surface area contributed by atoms with E-state index < -0.39 is 9.85 Å². The summed E-state index contributed by atoms with van der Waals surface area (Å²) < 4.78 is 0. The molecule has 1 aromatic carbocycles. The SMILES string of the molecule is CC(=O)NC12C[C@H]3C[C@@H](C1)CC(c1ccc([N+](=O)[O-])cc1[N+](=O)[O-])(C3)C2. The van der Waals surface area contributed by atoms with Crippen molar-refractivity contribution >= 4 is 17.3 Å². The Morgan fingerprint density at radius 2 is 1.77 bits per heavy atom. The molecule has 0 spiro atoms. The van der Waals surface area contributed by atoms with Crippen molar-refractivity contribution in [1.29, 1.82) is 0 Å². The number of nitrogens with one attached hydrogen (secondary N) is 1. The molecule has 0 aliphatic heterocycles. The first kappa shape index (κ1) is 16.9. The molecule has 0 aromatic heterocycles. The first-order valence-corrected chi connectivity index (χ1v) is 8.94. The Hall–Kier alpha value is -2.51. The van der Waals surface area contributed by atoms with E-state index >= 15 is 0 Å². The number of carbonyl (C=O) groups excluding carboxylic acids is 1. The van der Waals surface area contributed by atoms with Crippen LogP contribution in [0.4, 0.5) is 11.4 Å². The average molecular weight is 359 g/mol. The number of nitro groups is 2. The van der Waals surface area contributed by atoms with E-state index in [-0.39, 0.29) is 28.2 Å². The van der Waals surface area contributed by atoms with Crippen LogP contribution in [-0.4, -0.2) is 21.3 Å². The maximum absolute atomic E-state index is 11.8. The first-order chi connectivity index (χ1) is 12.2. The number of carbonyl (C=O) groups is 1. The van der Waals surface area contributed by atoms with Gasteiger partial charge in [-0.3, -0.25) is 25.0 Å². The molecule has 4 aliphatic carbocycles. The summed E-state index contributed by atoms with van der Waals surface area (Å²) >= 11 is 0. The molecule has 4 aliphatic rings. The van der Waals surface area contributed by atoms with Gasteiger partial charge in [0.2, 0.25) is 5.91 Å². The van der Waals surface area contributed by atoms with Crippen molar-refractivity contribution in [2.75, 3.05) is 0 Å².